The van der Waals surface area contributed by atoms with Crippen molar-refractivity contribution in [3.8, 4) is 0 Å². The Morgan fingerprint density at radius 2 is 2.55 bits per heavy atom. The molecule has 1 heterocycles. The molecule has 0 aromatic carbocycles. The van der Waals surface area contributed by atoms with Gasteiger partial charge in [0.05, 0.1) is 23.6 Å². The molecule has 4 nitrogen and oxygen atoms in total. The van der Waals surface area contributed by atoms with Crippen LogP contribution in [0.1, 0.15) is 6.42 Å². The van der Waals surface area contributed by atoms with Crippen LogP contribution in [0.3, 0.4) is 0 Å². The number of halogens is 1. The summed E-state index contributed by atoms with van der Waals surface area (Å²) in [6.45, 7) is 0.418. The number of aromatic nitrogens is 2. The molecule has 0 saturated heterocycles. The predicted molar refractivity (Wildman–Crippen MR) is 42.2 cm³/mol. The maximum absolute atomic E-state index is 10.1. The number of carboxylic acid groups (broad SMARTS) is 1. The van der Waals surface area contributed by atoms with Crippen molar-refractivity contribution in [1.82, 2.24) is 9.78 Å². The summed E-state index contributed by atoms with van der Waals surface area (Å²) < 4.78 is 2.45. The molecule has 0 radical (unpaired) electrons. The predicted octanol–water partition coefficient (Wildman–Crippen LogP) is 1.12. The van der Waals surface area contributed by atoms with Crippen LogP contribution in [-0.2, 0) is 11.3 Å². The molecule has 0 aliphatic heterocycles. The van der Waals surface area contributed by atoms with Gasteiger partial charge < -0.3 is 5.11 Å². The number of nitrogens with zero attached hydrogens (tertiary/aromatic N) is 2. The first kappa shape index (κ1) is 8.26. The fourth-order valence-electron chi connectivity index (χ4n) is 0.671. The fourth-order valence-corrected chi connectivity index (χ4v) is 0.999. The summed E-state index contributed by atoms with van der Waals surface area (Å²) in [6, 6.07) is 0. The molecule has 1 aromatic rings. The fraction of sp³-hybridized carbons (Fsp3) is 0.333. The second-order valence-corrected chi connectivity index (χ2v) is 2.98. The van der Waals surface area contributed by atoms with Crippen molar-refractivity contribution in [1.29, 1.82) is 0 Å². The van der Waals surface area contributed by atoms with Crippen LogP contribution in [0.25, 0.3) is 0 Å². The van der Waals surface area contributed by atoms with Crippen molar-refractivity contribution >= 4 is 21.9 Å². The SMILES string of the molecule is O=C(O)CCn1cc(Br)cn1. The first-order chi connectivity index (χ1) is 5.18. The highest BCUT2D eigenvalue weighted by Crippen LogP contribution is 2.06. The van der Waals surface area contributed by atoms with E-state index in [9.17, 15) is 4.79 Å². The Morgan fingerprint density at radius 1 is 1.82 bits per heavy atom. The Morgan fingerprint density at radius 3 is 3.00 bits per heavy atom. The van der Waals surface area contributed by atoms with Gasteiger partial charge in [-0.1, -0.05) is 0 Å². The molecule has 0 amide bonds. The lowest BCUT2D eigenvalue weighted by Crippen LogP contribution is -2.04. The van der Waals surface area contributed by atoms with Crippen molar-refractivity contribution < 1.29 is 9.90 Å². The van der Waals surface area contributed by atoms with Crippen LogP contribution < -0.4 is 0 Å². The van der Waals surface area contributed by atoms with E-state index in [1.807, 2.05) is 0 Å². The number of hydrogen-bond acceptors (Lipinski definition) is 2. The van der Waals surface area contributed by atoms with Crippen molar-refractivity contribution in [2.75, 3.05) is 0 Å². The minimum absolute atomic E-state index is 0.105. The molecule has 5 heteroatoms. The van der Waals surface area contributed by atoms with Gasteiger partial charge in [0.2, 0.25) is 0 Å². The Hall–Kier alpha value is -0.840. The molecule has 1 aromatic heterocycles. The minimum Gasteiger partial charge on any atom is -0.481 e. The van der Waals surface area contributed by atoms with Crippen LogP contribution in [-0.4, -0.2) is 20.9 Å². The van der Waals surface area contributed by atoms with Gasteiger partial charge >= 0.3 is 5.97 Å². The zero-order valence-corrected chi connectivity index (χ0v) is 7.28. The molecule has 0 aliphatic carbocycles. The third kappa shape index (κ3) is 2.71. The molecule has 0 unspecified atom stereocenters. The van der Waals surface area contributed by atoms with Gasteiger partial charge in [-0.15, -0.1) is 0 Å². The summed E-state index contributed by atoms with van der Waals surface area (Å²) in [7, 11) is 0. The average molecular weight is 219 g/mol. The molecule has 0 fully saturated rings. The summed E-state index contributed by atoms with van der Waals surface area (Å²) in [4.78, 5) is 10.1. The minimum atomic E-state index is -0.809. The topological polar surface area (TPSA) is 55.1 Å². The van der Waals surface area contributed by atoms with Crippen molar-refractivity contribution in [3.63, 3.8) is 0 Å². The molecular formula is C6H7BrN2O2. The van der Waals surface area contributed by atoms with Crippen molar-refractivity contribution in [3.05, 3.63) is 16.9 Å². The second kappa shape index (κ2) is 3.52. The number of carbonyl (C=O) groups is 1. The van der Waals surface area contributed by atoms with Gasteiger partial charge in [0, 0.05) is 6.20 Å². The van der Waals surface area contributed by atoms with Crippen LogP contribution in [0.5, 0.6) is 0 Å². The van der Waals surface area contributed by atoms with Gasteiger partial charge in [-0.2, -0.15) is 5.10 Å². The van der Waals surface area contributed by atoms with E-state index in [4.69, 9.17) is 5.11 Å². The summed E-state index contributed by atoms with van der Waals surface area (Å²) >= 11 is 3.21. The van der Waals surface area contributed by atoms with E-state index >= 15 is 0 Å². The van der Waals surface area contributed by atoms with Gasteiger partial charge in [-0.25, -0.2) is 0 Å². The van der Waals surface area contributed by atoms with Gasteiger partial charge in [0.15, 0.2) is 0 Å². The summed E-state index contributed by atoms with van der Waals surface area (Å²) in [5.41, 5.74) is 0. The lowest BCUT2D eigenvalue weighted by atomic mass is 10.4. The highest BCUT2D eigenvalue weighted by molar-refractivity contribution is 9.10. The van der Waals surface area contributed by atoms with E-state index < -0.39 is 5.97 Å². The molecule has 0 bridgehead atoms. The Bertz CT molecular complexity index is 259. The average Bonchev–Trinajstić information content (AvgIpc) is 2.31. The summed E-state index contributed by atoms with van der Waals surface area (Å²) in [6.07, 6.45) is 3.47. The quantitative estimate of drug-likeness (QED) is 0.828. The van der Waals surface area contributed by atoms with E-state index in [2.05, 4.69) is 21.0 Å². The third-order valence-electron chi connectivity index (χ3n) is 1.16. The van der Waals surface area contributed by atoms with Crippen molar-refractivity contribution in [2.45, 2.75) is 13.0 Å². The van der Waals surface area contributed by atoms with E-state index in [0.29, 0.717) is 6.54 Å². The third-order valence-corrected chi connectivity index (χ3v) is 1.57. The van der Waals surface area contributed by atoms with E-state index in [1.54, 1.807) is 17.1 Å². The largest absolute Gasteiger partial charge is 0.481 e. The zero-order chi connectivity index (χ0) is 8.27. The van der Waals surface area contributed by atoms with E-state index in [0.717, 1.165) is 4.47 Å². The van der Waals surface area contributed by atoms with Crippen LogP contribution in [0.15, 0.2) is 16.9 Å². The maximum Gasteiger partial charge on any atom is 0.305 e. The van der Waals surface area contributed by atoms with Crippen LogP contribution in [0, 0.1) is 0 Å². The van der Waals surface area contributed by atoms with Gasteiger partial charge in [0.25, 0.3) is 0 Å². The van der Waals surface area contributed by atoms with E-state index in [-0.39, 0.29) is 6.42 Å². The first-order valence-corrected chi connectivity index (χ1v) is 3.87. The summed E-state index contributed by atoms with van der Waals surface area (Å²) in [5, 5.41) is 12.2. The molecule has 0 saturated carbocycles. The molecule has 0 aliphatic rings. The van der Waals surface area contributed by atoms with Crippen molar-refractivity contribution in [2.24, 2.45) is 0 Å². The number of aryl methyl sites for hydroxylation is 1. The monoisotopic (exact) mass is 218 g/mol. The molecular weight excluding hydrogens is 212 g/mol. The maximum atomic E-state index is 10.1. The number of aliphatic carboxylic acids is 1. The molecule has 11 heavy (non-hydrogen) atoms. The van der Waals surface area contributed by atoms with Crippen LogP contribution in [0.4, 0.5) is 0 Å². The molecule has 0 atom stereocenters. The lowest BCUT2D eigenvalue weighted by Gasteiger charge is -1.95. The van der Waals surface area contributed by atoms with Gasteiger partial charge in [-0.3, -0.25) is 9.48 Å². The molecule has 1 N–H and O–H groups in total. The molecule has 1 rings (SSSR count). The zero-order valence-electron chi connectivity index (χ0n) is 5.70. The van der Waals surface area contributed by atoms with Gasteiger partial charge in [-0.05, 0) is 15.9 Å². The Labute approximate surface area is 72.0 Å². The lowest BCUT2D eigenvalue weighted by molar-refractivity contribution is -0.137. The summed E-state index contributed by atoms with van der Waals surface area (Å²) in [5.74, 6) is -0.809. The first-order valence-electron chi connectivity index (χ1n) is 3.08. The van der Waals surface area contributed by atoms with E-state index in [1.165, 1.54) is 0 Å². The number of rotatable bonds is 3. The standard InChI is InChI=1S/C6H7BrN2O2/c7-5-3-8-9(4-5)2-1-6(10)11/h3-4H,1-2H2,(H,10,11). The van der Waals surface area contributed by atoms with Crippen LogP contribution in [0.2, 0.25) is 0 Å². The second-order valence-electron chi connectivity index (χ2n) is 2.07. The van der Waals surface area contributed by atoms with Crippen LogP contribution >= 0.6 is 15.9 Å². The Balaban J connectivity index is 2.45. The smallest absolute Gasteiger partial charge is 0.305 e. The molecule has 60 valence electrons. The van der Waals surface area contributed by atoms with Gasteiger partial charge in [0.1, 0.15) is 0 Å². The number of hydrogen-bond donors (Lipinski definition) is 1. The number of carboxylic acids is 1. The highest BCUT2D eigenvalue weighted by atomic mass is 79.9. The normalized spacial score (nSPS) is 9.91. The Kier molecular flexibility index (Phi) is 2.64. The molecule has 0 spiro atoms. The highest BCUT2D eigenvalue weighted by Gasteiger charge is 1.98.